The molecular formula is C39H47N3O3. The van der Waals surface area contributed by atoms with Crippen molar-refractivity contribution in [2.24, 2.45) is 33.0 Å². The second-order valence-electron chi connectivity index (χ2n) is 16.0. The van der Waals surface area contributed by atoms with E-state index in [0.29, 0.717) is 11.5 Å². The molecule has 2 saturated carbocycles. The van der Waals surface area contributed by atoms with Gasteiger partial charge in [-0.25, -0.2) is 9.97 Å². The third-order valence-electron chi connectivity index (χ3n) is 13.6. The average Bonchev–Trinajstić information content (AvgIpc) is 3.01. The summed E-state index contributed by atoms with van der Waals surface area (Å²) in [7, 11) is 5.07. The van der Waals surface area contributed by atoms with Crippen LogP contribution in [0.5, 0.6) is 0 Å². The Morgan fingerprint density at radius 2 is 1.67 bits per heavy atom. The number of ether oxygens (including phenoxy) is 1. The standard InChI is InChI=1S/C39H47N3O3/c1-23-25-12-14-37(4)27(26(25)21-30-32(23)41-28-11-10-24(20-29(28)40-30)33(43)42(7)8)13-15-38(5)31-22-36(3,34(44)45-9)17-16-35(31,2)18-19-39(37,38)6/h10-14,20-21,31H,15-19,22H2,1-9H3/t31-,35-,36-,37-,38+,39-/m1/s1. The third-order valence-corrected chi connectivity index (χ3v) is 13.6. The van der Waals surface area contributed by atoms with Gasteiger partial charge in [0.25, 0.3) is 5.91 Å². The molecule has 0 unspecified atom stereocenters. The van der Waals surface area contributed by atoms with Crippen molar-refractivity contribution in [3.8, 4) is 0 Å². The Labute approximate surface area is 267 Å². The molecule has 0 radical (unpaired) electrons. The molecule has 0 spiro atoms. The summed E-state index contributed by atoms with van der Waals surface area (Å²) in [5, 5.41) is 0. The lowest BCUT2D eigenvalue weighted by Crippen LogP contribution is -2.63. The van der Waals surface area contributed by atoms with Crippen LogP contribution < -0.4 is 0 Å². The highest BCUT2D eigenvalue weighted by atomic mass is 16.5. The zero-order valence-electron chi connectivity index (χ0n) is 28.4. The Morgan fingerprint density at radius 3 is 2.38 bits per heavy atom. The van der Waals surface area contributed by atoms with Crippen LogP contribution in [-0.2, 0) is 9.53 Å². The molecule has 7 rings (SSSR count). The van der Waals surface area contributed by atoms with Crippen LogP contribution in [0.4, 0.5) is 0 Å². The van der Waals surface area contributed by atoms with Gasteiger partial charge in [0.05, 0.1) is 34.6 Å². The summed E-state index contributed by atoms with van der Waals surface area (Å²) in [6.45, 7) is 14.3. The summed E-state index contributed by atoms with van der Waals surface area (Å²) < 4.78 is 5.35. The van der Waals surface area contributed by atoms with Crippen molar-refractivity contribution in [2.45, 2.75) is 80.1 Å². The van der Waals surface area contributed by atoms with Crippen molar-refractivity contribution in [3.63, 3.8) is 0 Å². The van der Waals surface area contributed by atoms with E-state index >= 15 is 0 Å². The minimum Gasteiger partial charge on any atom is -0.469 e. The number of carbonyl (C=O) groups is 2. The van der Waals surface area contributed by atoms with E-state index in [2.05, 4.69) is 65.8 Å². The summed E-state index contributed by atoms with van der Waals surface area (Å²) in [6, 6.07) is 7.85. The fourth-order valence-corrected chi connectivity index (χ4v) is 10.2. The highest BCUT2D eigenvalue weighted by molar-refractivity contribution is 6.00. The molecule has 6 atom stereocenters. The number of hydrogen-bond donors (Lipinski definition) is 0. The van der Waals surface area contributed by atoms with E-state index in [9.17, 15) is 9.59 Å². The molecule has 45 heavy (non-hydrogen) atoms. The van der Waals surface area contributed by atoms with Gasteiger partial charge in [0.15, 0.2) is 0 Å². The number of aryl methyl sites for hydroxylation is 1. The van der Waals surface area contributed by atoms with Gasteiger partial charge >= 0.3 is 5.97 Å². The number of aromatic nitrogens is 2. The monoisotopic (exact) mass is 605 g/mol. The number of esters is 1. The molecule has 4 aliphatic carbocycles. The highest BCUT2D eigenvalue weighted by Crippen LogP contribution is 2.76. The van der Waals surface area contributed by atoms with E-state index in [-0.39, 0.29) is 33.5 Å². The summed E-state index contributed by atoms with van der Waals surface area (Å²) in [5.41, 5.74) is 8.54. The molecule has 4 aliphatic rings. The van der Waals surface area contributed by atoms with Crippen LogP contribution in [0.3, 0.4) is 0 Å². The van der Waals surface area contributed by atoms with E-state index in [1.54, 1.807) is 19.0 Å². The Bertz CT molecular complexity index is 1870. The van der Waals surface area contributed by atoms with Gasteiger partial charge in [0.2, 0.25) is 0 Å². The number of carbonyl (C=O) groups excluding carboxylic acids is 2. The first-order chi connectivity index (χ1) is 21.1. The van der Waals surface area contributed by atoms with Crippen molar-refractivity contribution in [1.29, 1.82) is 0 Å². The number of benzene rings is 2. The quantitative estimate of drug-likeness (QED) is 0.217. The zero-order valence-corrected chi connectivity index (χ0v) is 28.4. The van der Waals surface area contributed by atoms with E-state index in [4.69, 9.17) is 14.7 Å². The molecule has 0 bridgehead atoms. The van der Waals surface area contributed by atoms with Gasteiger partial charge in [-0.15, -0.1) is 0 Å². The second-order valence-corrected chi connectivity index (χ2v) is 16.0. The van der Waals surface area contributed by atoms with E-state index < -0.39 is 5.41 Å². The number of hydrogen-bond acceptors (Lipinski definition) is 5. The molecule has 6 nitrogen and oxygen atoms in total. The predicted octanol–water partition coefficient (Wildman–Crippen LogP) is 8.41. The number of fused-ring (bicyclic) bond motifs is 9. The summed E-state index contributed by atoms with van der Waals surface area (Å²) >= 11 is 0. The van der Waals surface area contributed by atoms with Gasteiger partial charge in [0.1, 0.15) is 0 Å². The topological polar surface area (TPSA) is 72.4 Å². The number of allylic oxidation sites excluding steroid dienone is 3. The molecule has 1 amide bonds. The highest BCUT2D eigenvalue weighted by Gasteiger charge is 2.68. The molecule has 1 heterocycles. The molecule has 3 aromatic rings. The molecule has 0 saturated heterocycles. The van der Waals surface area contributed by atoms with Crippen LogP contribution in [0.15, 0.2) is 36.4 Å². The molecule has 6 heteroatoms. The van der Waals surface area contributed by atoms with Crippen LogP contribution in [0.25, 0.3) is 33.7 Å². The summed E-state index contributed by atoms with van der Waals surface area (Å²) in [4.78, 5) is 37.5. The largest absolute Gasteiger partial charge is 0.469 e. The van der Waals surface area contributed by atoms with Crippen molar-refractivity contribution >= 4 is 45.6 Å². The van der Waals surface area contributed by atoms with Crippen LogP contribution in [0.1, 0.15) is 100 Å². The lowest BCUT2D eigenvalue weighted by atomic mass is 9.33. The van der Waals surface area contributed by atoms with Gasteiger partial charge in [0, 0.05) is 25.1 Å². The number of rotatable bonds is 2. The fourth-order valence-electron chi connectivity index (χ4n) is 10.2. The Kier molecular flexibility index (Phi) is 6.36. The second kappa shape index (κ2) is 9.49. The lowest BCUT2D eigenvalue weighted by molar-refractivity contribution is -0.190. The lowest BCUT2D eigenvalue weighted by Gasteiger charge is -2.70. The third kappa shape index (κ3) is 3.86. The molecule has 0 aliphatic heterocycles. The first kappa shape index (κ1) is 30.1. The van der Waals surface area contributed by atoms with E-state index in [1.807, 2.05) is 18.2 Å². The average molecular weight is 606 g/mol. The SMILES string of the molecule is COC(=O)[C@]1(C)CC[C@]2(C)CC[C@@]3(C)[C@@](C)(CC=C4c5cc6nc7cc(C(=O)N(C)C)ccc7nc6c(C)c5C=C[C@]43C)[C@@H]2C1. The first-order valence-electron chi connectivity index (χ1n) is 16.6. The predicted molar refractivity (Wildman–Crippen MR) is 181 cm³/mol. The maximum Gasteiger partial charge on any atom is 0.311 e. The van der Waals surface area contributed by atoms with Gasteiger partial charge in [-0.05, 0) is 121 Å². The molecule has 236 valence electrons. The minimum atomic E-state index is -0.436. The smallest absolute Gasteiger partial charge is 0.311 e. The Hall–Kier alpha value is -3.54. The normalized spacial score (nSPS) is 35.1. The van der Waals surface area contributed by atoms with Crippen LogP contribution in [-0.4, -0.2) is 47.9 Å². The van der Waals surface area contributed by atoms with Crippen molar-refractivity contribution < 1.29 is 14.3 Å². The molecule has 0 N–H and O–H groups in total. The van der Waals surface area contributed by atoms with Crippen molar-refractivity contribution in [3.05, 3.63) is 58.7 Å². The van der Waals surface area contributed by atoms with Crippen molar-refractivity contribution in [2.75, 3.05) is 21.2 Å². The number of amides is 1. The van der Waals surface area contributed by atoms with Gasteiger partial charge in [-0.2, -0.15) is 0 Å². The van der Waals surface area contributed by atoms with E-state index in [1.165, 1.54) is 30.2 Å². The minimum absolute atomic E-state index is 0.00378. The van der Waals surface area contributed by atoms with Gasteiger partial charge < -0.3 is 9.64 Å². The van der Waals surface area contributed by atoms with Crippen LogP contribution in [0.2, 0.25) is 0 Å². The fraction of sp³-hybridized carbons (Fsp3) is 0.538. The number of nitrogens with zero attached hydrogens (tertiary/aromatic N) is 3. The zero-order chi connectivity index (χ0) is 32.3. The molecular weight excluding hydrogens is 558 g/mol. The molecule has 1 aromatic heterocycles. The molecule has 2 fully saturated rings. The van der Waals surface area contributed by atoms with E-state index in [0.717, 1.165) is 59.7 Å². The number of methoxy groups -OCH3 is 1. The Balaban J connectivity index is 1.37. The van der Waals surface area contributed by atoms with Gasteiger partial charge in [-0.1, -0.05) is 45.9 Å². The maximum atomic E-state index is 13.1. The van der Waals surface area contributed by atoms with Crippen LogP contribution >= 0.6 is 0 Å². The van der Waals surface area contributed by atoms with Gasteiger partial charge in [-0.3, -0.25) is 9.59 Å². The first-order valence-corrected chi connectivity index (χ1v) is 16.6. The summed E-state index contributed by atoms with van der Waals surface area (Å²) in [6.07, 6.45) is 13.5. The Morgan fingerprint density at radius 1 is 0.933 bits per heavy atom. The van der Waals surface area contributed by atoms with Crippen molar-refractivity contribution in [1.82, 2.24) is 14.9 Å². The molecule has 2 aromatic carbocycles. The van der Waals surface area contributed by atoms with Crippen LogP contribution in [0, 0.1) is 39.9 Å². The maximum absolute atomic E-state index is 13.1. The summed E-state index contributed by atoms with van der Waals surface area (Å²) in [5.74, 6) is 0.318.